The maximum Gasteiger partial charge on any atom is 1.00 e. The molecule has 0 aliphatic heterocycles. The van der Waals surface area contributed by atoms with Gasteiger partial charge in [-0.2, -0.15) is 21.6 Å². The summed E-state index contributed by atoms with van der Waals surface area (Å²) in [5, 5.41) is 0. The SMILES string of the molecule is CC1CCC(C(=O)Oc2ccc(OCC3CC[CH-]CC3)c(F)c2F)CC1.[Rb+]. The van der Waals surface area contributed by atoms with Gasteiger partial charge in [0.05, 0.1) is 12.5 Å². The van der Waals surface area contributed by atoms with Gasteiger partial charge in [-0.05, 0) is 49.7 Å². The second-order valence-corrected chi connectivity index (χ2v) is 7.69. The normalized spacial score (nSPS) is 23.4. The number of hydrogen-bond donors (Lipinski definition) is 0. The first-order valence-corrected chi connectivity index (χ1v) is 9.68. The van der Waals surface area contributed by atoms with Gasteiger partial charge in [0.1, 0.15) is 0 Å². The average molecular weight is 451 g/mol. The third-order valence-corrected chi connectivity index (χ3v) is 5.60. The van der Waals surface area contributed by atoms with Crippen LogP contribution in [-0.4, -0.2) is 12.6 Å². The minimum absolute atomic E-state index is 0. The molecule has 0 amide bonds. The number of ether oxygens (including phenoxy) is 2. The maximum absolute atomic E-state index is 14.3. The zero-order chi connectivity index (χ0) is 18.5. The van der Waals surface area contributed by atoms with Crippen molar-refractivity contribution in [1.82, 2.24) is 0 Å². The summed E-state index contributed by atoms with van der Waals surface area (Å²) < 4.78 is 39.2. The first-order valence-electron chi connectivity index (χ1n) is 9.68. The van der Waals surface area contributed by atoms with E-state index in [0.29, 0.717) is 18.4 Å². The summed E-state index contributed by atoms with van der Waals surface area (Å²) >= 11 is 0. The quantitative estimate of drug-likeness (QED) is 0.393. The topological polar surface area (TPSA) is 35.5 Å². The Balaban J connectivity index is 0.00000261. The summed E-state index contributed by atoms with van der Waals surface area (Å²) in [5.41, 5.74) is 0. The molecule has 0 heterocycles. The van der Waals surface area contributed by atoms with Crippen LogP contribution in [0.25, 0.3) is 0 Å². The summed E-state index contributed by atoms with van der Waals surface area (Å²) in [4.78, 5) is 12.2. The summed E-state index contributed by atoms with van der Waals surface area (Å²) in [5.74, 6) is -2.45. The molecule has 2 aliphatic rings. The van der Waals surface area contributed by atoms with Gasteiger partial charge in [-0.15, -0.1) is 0 Å². The molecule has 27 heavy (non-hydrogen) atoms. The van der Waals surface area contributed by atoms with Gasteiger partial charge in [0.15, 0.2) is 11.5 Å². The Labute approximate surface area is 209 Å². The minimum Gasteiger partial charge on any atom is -0.490 e. The van der Waals surface area contributed by atoms with Gasteiger partial charge in [-0.3, -0.25) is 4.79 Å². The Hall–Kier alpha value is 0.155. The summed E-state index contributed by atoms with van der Waals surface area (Å²) in [6.45, 7) is 2.53. The van der Waals surface area contributed by atoms with Crippen molar-refractivity contribution in [3.05, 3.63) is 30.2 Å². The van der Waals surface area contributed by atoms with Crippen molar-refractivity contribution in [2.24, 2.45) is 17.8 Å². The van der Waals surface area contributed by atoms with Crippen LogP contribution in [0.3, 0.4) is 0 Å². The number of benzene rings is 1. The van der Waals surface area contributed by atoms with Crippen LogP contribution in [0.15, 0.2) is 12.1 Å². The van der Waals surface area contributed by atoms with Crippen molar-refractivity contribution >= 4 is 5.97 Å². The molecular weight excluding hydrogens is 424 g/mol. The molecule has 3 nitrogen and oxygen atoms in total. The van der Waals surface area contributed by atoms with E-state index in [0.717, 1.165) is 51.4 Å². The van der Waals surface area contributed by atoms with E-state index in [9.17, 15) is 13.6 Å². The molecule has 2 aliphatic carbocycles. The van der Waals surface area contributed by atoms with Crippen LogP contribution in [0.2, 0.25) is 0 Å². The van der Waals surface area contributed by atoms with Gasteiger partial charge in [-0.1, -0.05) is 19.8 Å². The van der Waals surface area contributed by atoms with Crippen molar-refractivity contribution in [1.29, 1.82) is 0 Å². The third-order valence-electron chi connectivity index (χ3n) is 5.60. The molecule has 2 fully saturated rings. The monoisotopic (exact) mass is 450 g/mol. The van der Waals surface area contributed by atoms with E-state index >= 15 is 0 Å². The van der Waals surface area contributed by atoms with Gasteiger partial charge in [-0.25, -0.2) is 0 Å². The molecular formula is C21H27F2O3Rb. The van der Waals surface area contributed by atoms with Crippen LogP contribution >= 0.6 is 0 Å². The molecule has 0 N–H and O–H groups in total. The molecule has 3 rings (SSSR count). The number of carbonyl (C=O) groups is 1. The van der Waals surface area contributed by atoms with Gasteiger partial charge in [0.2, 0.25) is 11.6 Å². The predicted octanol–water partition coefficient (Wildman–Crippen LogP) is 2.47. The van der Waals surface area contributed by atoms with Crippen molar-refractivity contribution in [2.45, 2.75) is 58.3 Å². The fourth-order valence-corrected chi connectivity index (χ4v) is 3.76. The summed E-state index contributed by atoms with van der Waals surface area (Å²) in [6, 6.07) is 2.63. The Bertz CT molecular complexity index is 624. The molecule has 1 aromatic rings. The van der Waals surface area contributed by atoms with Crippen molar-refractivity contribution in [3.63, 3.8) is 0 Å². The molecule has 1 aromatic carbocycles. The molecule has 6 heteroatoms. The third kappa shape index (κ3) is 6.58. The zero-order valence-corrected chi connectivity index (χ0v) is 21.2. The fraction of sp³-hybridized carbons (Fsp3) is 0.619. The fourth-order valence-electron chi connectivity index (χ4n) is 3.76. The molecule has 0 aromatic heterocycles. The van der Waals surface area contributed by atoms with E-state index in [1.54, 1.807) is 0 Å². The Kier molecular flexibility index (Phi) is 9.87. The first-order chi connectivity index (χ1) is 12.5. The van der Waals surface area contributed by atoms with E-state index in [1.165, 1.54) is 12.1 Å². The van der Waals surface area contributed by atoms with Crippen LogP contribution < -0.4 is 67.7 Å². The number of hydrogen-bond acceptors (Lipinski definition) is 3. The number of halogens is 2. The molecule has 0 bridgehead atoms. The summed E-state index contributed by atoms with van der Waals surface area (Å²) in [6.07, 6.45) is 9.75. The predicted molar refractivity (Wildman–Crippen MR) is 94.9 cm³/mol. The molecule has 0 unspecified atom stereocenters. The van der Waals surface area contributed by atoms with Crippen LogP contribution in [-0.2, 0) is 4.79 Å². The van der Waals surface area contributed by atoms with Gasteiger partial charge < -0.3 is 15.9 Å². The largest absolute Gasteiger partial charge is 1.00 e. The van der Waals surface area contributed by atoms with Crippen LogP contribution in [0.4, 0.5) is 8.78 Å². The van der Waals surface area contributed by atoms with Gasteiger partial charge >= 0.3 is 64.2 Å². The van der Waals surface area contributed by atoms with E-state index in [1.807, 2.05) is 0 Å². The molecule has 0 spiro atoms. The van der Waals surface area contributed by atoms with E-state index < -0.39 is 17.6 Å². The Morgan fingerprint density at radius 1 is 1.04 bits per heavy atom. The van der Waals surface area contributed by atoms with E-state index in [2.05, 4.69) is 13.3 Å². The molecule has 0 atom stereocenters. The van der Waals surface area contributed by atoms with Crippen LogP contribution in [0.1, 0.15) is 58.3 Å². The molecule has 0 radical (unpaired) electrons. The maximum atomic E-state index is 14.3. The van der Waals surface area contributed by atoms with Gasteiger partial charge in [0.25, 0.3) is 0 Å². The number of esters is 1. The first kappa shape index (κ1) is 23.4. The minimum atomic E-state index is -1.16. The zero-order valence-electron chi connectivity index (χ0n) is 16.3. The second kappa shape index (κ2) is 11.4. The van der Waals surface area contributed by atoms with Crippen LogP contribution in [0.5, 0.6) is 11.5 Å². The molecule has 144 valence electrons. The number of rotatable bonds is 5. The Morgan fingerprint density at radius 3 is 2.30 bits per heavy atom. The average Bonchev–Trinajstić information content (AvgIpc) is 2.66. The van der Waals surface area contributed by atoms with Crippen LogP contribution in [0, 0.1) is 35.8 Å². The molecule has 2 saturated carbocycles. The number of carbonyl (C=O) groups excluding carboxylic acids is 1. The van der Waals surface area contributed by atoms with E-state index in [-0.39, 0.29) is 75.6 Å². The molecule has 0 saturated heterocycles. The van der Waals surface area contributed by atoms with Gasteiger partial charge in [0, 0.05) is 0 Å². The smallest absolute Gasteiger partial charge is 0.490 e. The Morgan fingerprint density at radius 2 is 1.63 bits per heavy atom. The van der Waals surface area contributed by atoms with Crippen molar-refractivity contribution in [2.75, 3.05) is 6.61 Å². The van der Waals surface area contributed by atoms with E-state index in [4.69, 9.17) is 9.47 Å². The van der Waals surface area contributed by atoms with Crippen molar-refractivity contribution in [3.8, 4) is 11.5 Å². The second-order valence-electron chi connectivity index (χ2n) is 7.69. The van der Waals surface area contributed by atoms with Crippen molar-refractivity contribution < 1.29 is 81.2 Å². The standard InChI is InChI=1S/C21H27F2O3.Rb/c1-14-7-9-16(10-8-14)21(24)26-18-12-11-17(19(22)20(18)23)25-13-15-5-3-2-4-6-15;/h2,11-12,14-16H,3-10,13H2,1H3;/q-1;+1. The summed E-state index contributed by atoms with van der Waals surface area (Å²) in [7, 11) is 0.